The van der Waals surface area contributed by atoms with Crippen LogP contribution in [0.4, 0.5) is 10.1 Å². The third-order valence-corrected chi connectivity index (χ3v) is 7.19. The highest BCUT2D eigenvalue weighted by molar-refractivity contribution is 7.25. The Hall–Kier alpha value is -4.04. The van der Waals surface area contributed by atoms with Crippen LogP contribution in [-0.4, -0.2) is 15.0 Å². The molecule has 8 heteroatoms. The second-order valence-corrected chi connectivity index (χ2v) is 9.64. The van der Waals surface area contributed by atoms with Crippen LogP contribution in [0.25, 0.3) is 26.0 Å². The molecule has 5 aromatic rings. The first-order valence-corrected chi connectivity index (χ1v) is 11.9. The predicted octanol–water partition coefficient (Wildman–Crippen LogP) is 5.07. The van der Waals surface area contributed by atoms with Crippen molar-refractivity contribution in [2.45, 2.75) is 27.3 Å². The average molecular weight is 488 g/mol. The van der Waals surface area contributed by atoms with Crippen molar-refractivity contribution in [3.05, 3.63) is 104 Å². The van der Waals surface area contributed by atoms with Crippen LogP contribution in [0.5, 0.6) is 0 Å². The summed E-state index contributed by atoms with van der Waals surface area (Å²) in [7, 11) is 0. The highest BCUT2D eigenvalue weighted by atomic mass is 32.1. The van der Waals surface area contributed by atoms with E-state index in [1.165, 1.54) is 28.0 Å². The van der Waals surface area contributed by atoms with Crippen molar-refractivity contribution in [1.82, 2.24) is 9.13 Å². The number of benzene rings is 3. The molecule has 0 fully saturated rings. The summed E-state index contributed by atoms with van der Waals surface area (Å²) in [6.07, 6.45) is 0. The largest absolute Gasteiger partial charge is 0.336 e. The lowest BCUT2D eigenvalue weighted by molar-refractivity contribution is -0.116. The molecule has 0 saturated heterocycles. The monoisotopic (exact) mass is 487 g/mol. The summed E-state index contributed by atoms with van der Waals surface area (Å²) < 4.78 is 17.7. The minimum absolute atomic E-state index is 0.117. The zero-order valence-corrected chi connectivity index (χ0v) is 20.2. The SMILES string of the molecule is Cc1ccc(C)c(NC(=O)Cn2c(=O)n(-c3ccc(C)c(F)c3)c(=O)c3sc4ccccc4c32)c1. The van der Waals surface area contributed by atoms with Gasteiger partial charge in [-0.3, -0.25) is 14.2 Å². The molecule has 2 aromatic heterocycles. The number of halogens is 1. The van der Waals surface area contributed by atoms with Gasteiger partial charge in [0.25, 0.3) is 5.56 Å². The molecule has 0 aliphatic heterocycles. The van der Waals surface area contributed by atoms with Gasteiger partial charge in [-0.1, -0.05) is 36.4 Å². The number of nitrogens with zero attached hydrogens (tertiary/aromatic N) is 2. The van der Waals surface area contributed by atoms with Crippen LogP contribution < -0.4 is 16.6 Å². The molecular weight excluding hydrogens is 465 g/mol. The molecule has 5 rings (SSSR count). The average Bonchev–Trinajstić information content (AvgIpc) is 3.21. The van der Waals surface area contributed by atoms with E-state index in [1.807, 2.05) is 56.3 Å². The Morgan fingerprint density at radius 3 is 2.49 bits per heavy atom. The minimum atomic E-state index is -0.703. The van der Waals surface area contributed by atoms with Gasteiger partial charge in [-0.15, -0.1) is 11.3 Å². The molecule has 0 atom stereocenters. The molecule has 1 N–H and O–H groups in total. The van der Waals surface area contributed by atoms with Gasteiger partial charge < -0.3 is 5.32 Å². The van der Waals surface area contributed by atoms with Crippen molar-refractivity contribution in [2.75, 3.05) is 5.32 Å². The lowest BCUT2D eigenvalue weighted by Crippen LogP contribution is -2.40. The topological polar surface area (TPSA) is 73.1 Å². The van der Waals surface area contributed by atoms with Crippen molar-refractivity contribution in [2.24, 2.45) is 0 Å². The Morgan fingerprint density at radius 1 is 0.971 bits per heavy atom. The Kier molecular flexibility index (Phi) is 5.61. The second kappa shape index (κ2) is 8.63. The number of nitrogens with one attached hydrogen (secondary N) is 1. The van der Waals surface area contributed by atoms with E-state index in [4.69, 9.17) is 0 Å². The van der Waals surface area contributed by atoms with Crippen LogP contribution in [-0.2, 0) is 11.3 Å². The zero-order valence-electron chi connectivity index (χ0n) is 19.4. The van der Waals surface area contributed by atoms with Crippen LogP contribution >= 0.6 is 11.3 Å². The summed E-state index contributed by atoms with van der Waals surface area (Å²) in [6, 6.07) is 17.3. The van der Waals surface area contributed by atoms with Gasteiger partial charge in [0.1, 0.15) is 17.1 Å². The fourth-order valence-corrected chi connectivity index (χ4v) is 5.29. The van der Waals surface area contributed by atoms with Crippen LogP contribution in [0.2, 0.25) is 0 Å². The number of carbonyl (C=O) groups excluding carboxylic acids is 1. The Balaban J connectivity index is 1.73. The van der Waals surface area contributed by atoms with E-state index in [2.05, 4.69) is 5.32 Å². The number of amides is 1. The maximum Gasteiger partial charge on any atom is 0.336 e. The summed E-state index contributed by atoms with van der Waals surface area (Å²) in [5.74, 6) is -0.929. The van der Waals surface area contributed by atoms with Gasteiger partial charge >= 0.3 is 5.69 Å². The third-order valence-electron chi connectivity index (χ3n) is 6.04. The Labute approximate surface area is 203 Å². The first kappa shape index (κ1) is 22.7. The highest BCUT2D eigenvalue weighted by Gasteiger charge is 2.21. The molecule has 35 heavy (non-hydrogen) atoms. The lowest BCUT2D eigenvalue weighted by atomic mass is 10.1. The molecule has 0 unspecified atom stereocenters. The fraction of sp³-hybridized carbons (Fsp3) is 0.148. The number of aromatic nitrogens is 2. The normalized spacial score (nSPS) is 11.3. The van der Waals surface area contributed by atoms with Gasteiger partial charge in [0.2, 0.25) is 5.91 Å². The molecule has 0 spiro atoms. The quantitative estimate of drug-likeness (QED) is 0.385. The molecule has 0 aliphatic carbocycles. The van der Waals surface area contributed by atoms with Gasteiger partial charge in [0, 0.05) is 15.8 Å². The maximum absolute atomic E-state index is 14.3. The first-order valence-electron chi connectivity index (χ1n) is 11.1. The number of hydrogen-bond donors (Lipinski definition) is 1. The minimum Gasteiger partial charge on any atom is -0.324 e. The van der Waals surface area contributed by atoms with Gasteiger partial charge in [-0.25, -0.2) is 13.8 Å². The van der Waals surface area contributed by atoms with Gasteiger partial charge in [-0.05, 0) is 61.7 Å². The Morgan fingerprint density at radius 2 is 1.71 bits per heavy atom. The van der Waals surface area contributed by atoms with Crippen molar-refractivity contribution in [1.29, 1.82) is 0 Å². The molecule has 2 heterocycles. The highest BCUT2D eigenvalue weighted by Crippen LogP contribution is 2.31. The Bertz CT molecular complexity index is 1760. The summed E-state index contributed by atoms with van der Waals surface area (Å²) in [6.45, 7) is 5.11. The van der Waals surface area contributed by atoms with Crippen LogP contribution in [0, 0.1) is 26.6 Å². The lowest BCUT2D eigenvalue weighted by Gasteiger charge is -2.14. The second-order valence-electron chi connectivity index (χ2n) is 8.59. The molecule has 3 aromatic carbocycles. The van der Waals surface area contributed by atoms with Crippen molar-refractivity contribution >= 4 is 43.2 Å². The van der Waals surface area contributed by atoms with Gasteiger partial charge in [0.15, 0.2) is 0 Å². The van der Waals surface area contributed by atoms with E-state index in [0.717, 1.165) is 26.5 Å². The van der Waals surface area contributed by atoms with Crippen LogP contribution in [0.3, 0.4) is 0 Å². The molecule has 0 bridgehead atoms. The number of fused-ring (bicyclic) bond motifs is 3. The zero-order chi connectivity index (χ0) is 24.9. The maximum atomic E-state index is 14.3. The fourth-order valence-electron chi connectivity index (χ4n) is 4.15. The van der Waals surface area contributed by atoms with E-state index in [0.29, 0.717) is 26.9 Å². The number of hydrogen-bond acceptors (Lipinski definition) is 4. The molecule has 0 saturated carbocycles. The summed E-state index contributed by atoms with van der Waals surface area (Å²) >= 11 is 1.24. The first-order chi connectivity index (χ1) is 16.7. The number of anilines is 1. The van der Waals surface area contributed by atoms with E-state index in [1.54, 1.807) is 6.92 Å². The molecule has 176 valence electrons. The summed E-state index contributed by atoms with van der Waals surface area (Å²) in [5, 5.41) is 3.59. The van der Waals surface area contributed by atoms with Crippen molar-refractivity contribution < 1.29 is 9.18 Å². The van der Waals surface area contributed by atoms with Gasteiger partial charge in [-0.2, -0.15) is 0 Å². The smallest absolute Gasteiger partial charge is 0.324 e. The van der Waals surface area contributed by atoms with Crippen LogP contribution in [0.15, 0.2) is 70.3 Å². The van der Waals surface area contributed by atoms with Crippen LogP contribution in [0.1, 0.15) is 16.7 Å². The predicted molar refractivity (Wildman–Crippen MR) is 138 cm³/mol. The molecule has 6 nitrogen and oxygen atoms in total. The van der Waals surface area contributed by atoms with Crippen molar-refractivity contribution in [3.8, 4) is 5.69 Å². The van der Waals surface area contributed by atoms with E-state index < -0.39 is 23.0 Å². The molecular formula is C27H22FN3O3S. The van der Waals surface area contributed by atoms with E-state index >= 15 is 0 Å². The molecule has 0 radical (unpaired) electrons. The summed E-state index contributed by atoms with van der Waals surface area (Å²) in [5.41, 5.74) is 2.21. The standard InChI is InChI=1S/C27H22FN3O3S/c1-15-8-9-17(3)21(12-15)29-23(32)14-30-24-19-6-4-5-7-22(19)35-25(24)26(33)31(27(30)34)18-11-10-16(2)20(28)13-18/h4-13H,14H2,1-3H3,(H,29,32). The van der Waals surface area contributed by atoms with Crippen molar-refractivity contribution in [3.63, 3.8) is 0 Å². The van der Waals surface area contributed by atoms with Gasteiger partial charge in [0.05, 0.1) is 11.2 Å². The van der Waals surface area contributed by atoms with E-state index in [9.17, 15) is 18.8 Å². The van der Waals surface area contributed by atoms with E-state index in [-0.39, 0.29) is 12.2 Å². The number of rotatable bonds is 4. The summed E-state index contributed by atoms with van der Waals surface area (Å²) in [4.78, 5) is 40.3. The third kappa shape index (κ3) is 3.95. The number of aryl methyl sites for hydroxylation is 3. The molecule has 1 amide bonds. The number of carbonyl (C=O) groups is 1. The molecule has 0 aliphatic rings. The number of thiophene rings is 1.